The summed E-state index contributed by atoms with van der Waals surface area (Å²) in [5, 5.41) is 11.2. The van der Waals surface area contributed by atoms with Gasteiger partial charge in [-0.2, -0.15) is 0 Å². The van der Waals surface area contributed by atoms with Crippen molar-refractivity contribution in [2.45, 2.75) is 119 Å². The molecular weight excluding hydrogens is 316 g/mol. The van der Waals surface area contributed by atoms with Crippen molar-refractivity contribution >= 4 is 0 Å². The van der Waals surface area contributed by atoms with Gasteiger partial charge in [0.1, 0.15) is 0 Å². The van der Waals surface area contributed by atoms with Crippen LogP contribution >= 0.6 is 0 Å². The van der Waals surface area contributed by atoms with Crippen LogP contribution in [0.15, 0.2) is 0 Å². The second-order valence-electron chi connectivity index (χ2n) is 11.9. The zero-order valence-electron chi connectivity index (χ0n) is 19.0. The first-order chi connectivity index (χ1) is 12.0. The van der Waals surface area contributed by atoms with E-state index in [0.717, 1.165) is 17.8 Å². The van der Waals surface area contributed by atoms with Gasteiger partial charge >= 0.3 is 0 Å². The first kappa shape index (κ1) is 22.3. The van der Waals surface area contributed by atoms with Crippen LogP contribution in [0.25, 0.3) is 0 Å². The summed E-state index contributed by atoms with van der Waals surface area (Å²) in [6.45, 7) is 16.4. The predicted molar refractivity (Wildman–Crippen MR) is 114 cm³/mol. The van der Waals surface area contributed by atoms with Crippen molar-refractivity contribution < 1.29 is 5.11 Å². The zero-order valence-corrected chi connectivity index (χ0v) is 19.0. The minimum Gasteiger partial charge on any atom is -0.393 e. The molecule has 0 aromatic rings. The molecule has 2 saturated carbocycles. The van der Waals surface area contributed by atoms with Crippen molar-refractivity contribution in [1.82, 2.24) is 0 Å². The lowest BCUT2D eigenvalue weighted by Gasteiger charge is -2.51. The Morgan fingerprint density at radius 2 is 1.23 bits per heavy atom. The Bertz CT molecular complexity index is 381. The van der Waals surface area contributed by atoms with Gasteiger partial charge in [-0.1, -0.05) is 87.0 Å². The van der Waals surface area contributed by atoms with Crippen molar-refractivity contribution in [3.05, 3.63) is 0 Å². The van der Waals surface area contributed by atoms with Crippen LogP contribution in [0.3, 0.4) is 0 Å². The molecule has 1 nitrogen and oxygen atoms in total. The smallest absolute Gasteiger partial charge is 0.0606 e. The summed E-state index contributed by atoms with van der Waals surface area (Å²) in [5.41, 5.74) is 0.415. The fourth-order valence-corrected chi connectivity index (χ4v) is 6.06. The van der Waals surface area contributed by atoms with Crippen molar-refractivity contribution in [2.24, 2.45) is 40.4 Å². The Balaban J connectivity index is 2.00. The minimum atomic E-state index is -0.128. The van der Waals surface area contributed by atoms with E-state index in [9.17, 15) is 5.11 Å². The van der Waals surface area contributed by atoms with Gasteiger partial charge in [-0.3, -0.25) is 0 Å². The highest BCUT2D eigenvalue weighted by atomic mass is 16.3. The van der Waals surface area contributed by atoms with Gasteiger partial charge in [-0.15, -0.1) is 0 Å². The van der Waals surface area contributed by atoms with Gasteiger partial charge in [0, 0.05) is 0 Å². The Labute approximate surface area is 164 Å². The summed E-state index contributed by atoms with van der Waals surface area (Å²) in [7, 11) is 0. The number of rotatable bonds is 5. The molecule has 2 aliphatic rings. The fourth-order valence-electron chi connectivity index (χ4n) is 6.06. The van der Waals surface area contributed by atoms with Gasteiger partial charge < -0.3 is 5.11 Å². The van der Waals surface area contributed by atoms with E-state index in [1.54, 1.807) is 0 Å². The topological polar surface area (TPSA) is 20.2 Å². The first-order valence-corrected chi connectivity index (χ1v) is 11.7. The summed E-state index contributed by atoms with van der Waals surface area (Å²) >= 11 is 0. The molecule has 1 heteroatoms. The lowest BCUT2D eigenvalue weighted by Crippen LogP contribution is -2.49. The normalized spacial score (nSPS) is 36.9. The monoisotopic (exact) mass is 364 g/mol. The number of aliphatic hydroxyl groups is 1. The quantitative estimate of drug-likeness (QED) is 0.502. The van der Waals surface area contributed by atoms with E-state index in [2.05, 4.69) is 48.5 Å². The number of aliphatic hydroxyl groups excluding tert-OH is 1. The van der Waals surface area contributed by atoms with Gasteiger partial charge in [0.2, 0.25) is 0 Å². The predicted octanol–water partition coefficient (Wildman–Crippen LogP) is 7.47. The molecule has 0 radical (unpaired) electrons. The molecule has 0 aliphatic heterocycles. The van der Waals surface area contributed by atoms with Gasteiger partial charge in [0.25, 0.3) is 0 Å². The molecule has 1 N–H and O–H groups in total. The molecule has 2 rings (SSSR count). The van der Waals surface area contributed by atoms with Crippen LogP contribution in [-0.4, -0.2) is 11.2 Å². The number of hydrogen-bond acceptors (Lipinski definition) is 1. The maximum Gasteiger partial charge on any atom is 0.0606 e. The van der Waals surface area contributed by atoms with Gasteiger partial charge in [-0.25, -0.2) is 0 Å². The average molecular weight is 365 g/mol. The molecule has 26 heavy (non-hydrogen) atoms. The molecule has 0 heterocycles. The molecule has 0 saturated heterocycles. The number of hydrogen-bond donors (Lipinski definition) is 1. The molecular formula is C25H48O. The second-order valence-corrected chi connectivity index (χ2v) is 11.9. The zero-order chi connectivity index (χ0) is 19.5. The maximum atomic E-state index is 11.2. The maximum absolute atomic E-state index is 11.2. The molecule has 0 bridgehead atoms. The molecule has 0 aromatic carbocycles. The van der Waals surface area contributed by atoms with Crippen LogP contribution in [-0.2, 0) is 0 Å². The summed E-state index contributed by atoms with van der Waals surface area (Å²) in [4.78, 5) is 0. The SMILES string of the molecule is CCCCCC1CCC(C2CC(C(C)(C)C)C(O)C(C(C)(C)C)C2)CC1. The highest BCUT2D eigenvalue weighted by Crippen LogP contribution is 2.52. The van der Waals surface area contributed by atoms with Crippen LogP contribution < -0.4 is 0 Å². The average Bonchev–Trinajstić information content (AvgIpc) is 2.54. The van der Waals surface area contributed by atoms with E-state index in [-0.39, 0.29) is 16.9 Å². The summed E-state index contributed by atoms with van der Waals surface area (Å²) in [6.07, 6.45) is 13.9. The van der Waals surface area contributed by atoms with Crippen LogP contribution in [0.1, 0.15) is 113 Å². The third kappa shape index (κ3) is 5.73. The van der Waals surface area contributed by atoms with Gasteiger partial charge in [-0.05, 0) is 66.1 Å². The standard InChI is InChI=1S/C25H48O/c1-8-9-10-11-18-12-14-19(15-13-18)20-16-21(24(2,3)4)23(26)22(17-20)25(5,6)7/h18-23,26H,8-17H2,1-7H3. The molecule has 2 unspecified atom stereocenters. The molecule has 0 amide bonds. The van der Waals surface area contributed by atoms with Crippen molar-refractivity contribution in [3.8, 4) is 0 Å². The molecule has 0 aromatic heterocycles. The lowest BCUT2D eigenvalue weighted by molar-refractivity contribution is -0.0948. The summed E-state index contributed by atoms with van der Waals surface area (Å²) in [6, 6.07) is 0. The lowest BCUT2D eigenvalue weighted by atomic mass is 9.55. The van der Waals surface area contributed by atoms with E-state index >= 15 is 0 Å². The summed E-state index contributed by atoms with van der Waals surface area (Å²) in [5.74, 6) is 3.66. The van der Waals surface area contributed by atoms with Crippen molar-refractivity contribution in [2.75, 3.05) is 0 Å². The van der Waals surface area contributed by atoms with E-state index < -0.39 is 0 Å². The van der Waals surface area contributed by atoms with E-state index in [1.807, 2.05) is 0 Å². The highest BCUT2D eigenvalue weighted by Gasteiger charge is 2.47. The fraction of sp³-hybridized carbons (Fsp3) is 1.00. The molecule has 0 spiro atoms. The first-order valence-electron chi connectivity index (χ1n) is 11.7. The van der Waals surface area contributed by atoms with E-state index in [1.165, 1.54) is 64.2 Å². The third-order valence-electron chi connectivity index (χ3n) is 7.94. The Kier molecular flexibility index (Phi) is 7.68. The van der Waals surface area contributed by atoms with Crippen molar-refractivity contribution in [1.29, 1.82) is 0 Å². The largest absolute Gasteiger partial charge is 0.393 e. The van der Waals surface area contributed by atoms with E-state index in [0.29, 0.717) is 11.8 Å². The Hall–Kier alpha value is -0.0400. The van der Waals surface area contributed by atoms with Gasteiger partial charge in [0.05, 0.1) is 6.10 Å². The van der Waals surface area contributed by atoms with Crippen LogP contribution in [0.2, 0.25) is 0 Å². The van der Waals surface area contributed by atoms with Crippen molar-refractivity contribution in [3.63, 3.8) is 0 Å². The van der Waals surface area contributed by atoms with Gasteiger partial charge in [0.15, 0.2) is 0 Å². The van der Waals surface area contributed by atoms with E-state index in [4.69, 9.17) is 0 Å². The second kappa shape index (κ2) is 8.97. The van der Waals surface area contributed by atoms with Crippen LogP contribution in [0, 0.1) is 40.4 Å². The summed E-state index contributed by atoms with van der Waals surface area (Å²) < 4.78 is 0. The van der Waals surface area contributed by atoms with Crippen LogP contribution in [0.4, 0.5) is 0 Å². The third-order valence-corrected chi connectivity index (χ3v) is 7.94. The number of unbranched alkanes of at least 4 members (excludes halogenated alkanes) is 2. The Morgan fingerprint density at radius 3 is 1.65 bits per heavy atom. The molecule has 2 aliphatic carbocycles. The minimum absolute atomic E-state index is 0.128. The van der Waals surface area contributed by atoms with Crippen LogP contribution in [0.5, 0.6) is 0 Å². The Morgan fingerprint density at radius 1 is 0.731 bits per heavy atom. The molecule has 2 atom stereocenters. The molecule has 154 valence electrons. The molecule has 2 fully saturated rings. The highest BCUT2D eigenvalue weighted by molar-refractivity contribution is 4.97.